The van der Waals surface area contributed by atoms with Crippen LogP contribution in [0.25, 0.3) is 0 Å². The number of benzene rings is 1. The van der Waals surface area contributed by atoms with E-state index in [-0.39, 0.29) is 5.41 Å². The van der Waals surface area contributed by atoms with Crippen LogP contribution in [-0.4, -0.2) is 24.5 Å². The Kier molecular flexibility index (Phi) is 5.45. The summed E-state index contributed by atoms with van der Waals surface area (Å²) in [5, 5.41) is 0. The highest BCUT2D eigenvalue weighted by Gasteiger charge is 2.28. The van der Waals surface area contributed by atoms with Gasteiger partial charge in [0.15, 0.2) is 0 Å². The Morgan fingerprint density at radius 3 is 2.24 bits per heavy atom. The maximum absolute atomic E-state index is 6.11. The summed E-state index contributed by atoms with van der Waals surface area (Å²) in [6, 6.07) is 9.50. The summed E-state index contributed by atoms with van der Waals surface area (Å²) >= 11 is 0. The predicted octanol–water partition coefficient (Wildman–Crippen LogP) is 4.11. The Hall–Kier alpha value is -0.860. The zero-order valence-corrected chi connectivity index (χ0v) is 14.2. The Morgan fingerprint density at radius 2 is 1.81 bits per heavy atom. The second kappa shape index (κ2) is 6.93. The van der Waals surface area contributed by atoms with E-state index in [1.807, 2.05) is 0 Å². The third-order valence-corrected chi connectivity index (χ3v) is 4.53. The minimum atomic E-state index is 0.216. The van der Waals surface area contributed by atoms with E-state index in [9.17, 15) is 0 Å². The molecule has 0 aromatic heterocycles. The van der Waals surface area contributed by atoms with Crippen molar-refractivity contribution < 1.29 is 0 Å². The van der Waals surface area contributed by atoms with E-state index < -0.39 is 0 Å². The summed E-state index contributed by atoms with van der Waals surface area (Å²) in [6.45, 7) is 12.1. The lowest BCUT2D eigenvalue weighted by Gasteiger charge is -2.31. The zero-order chi connectivity index (χ0) is 15.5. The Morgan fingerprint density at radius 1 is 1.19 bits per heavy atom. The number of nitrogens with two attached hydrogens (primary N) is 1. The number of nitrogens with zero attached hydrogens (tertiary/aromatic N) is 1. The molecule has 118 valence electrons. The first-order valence-electron chi connectivity index (χ1n) is 8.50. The average molecular weight is 288 g/mol. The standard InChI is InChI=1S/C19H32N2/c1-5-12-21(14-15-6-7-15)18(13-20)16-8-10-17(11-9-16)19(2,3)4/h8-11,15,18H,5-7,12-14,20H2,1-4H3. The number of hydrogen-bond donors (Lipinski definition) is 1. The van der Waals surface area contributed by atoms with Gasteiger partial charge < -0.3 is 5.73 Å². The highest BCUT2D eigenvalue weighted by molar-refractivity contribution is 5.29. The molecule has 1 saturated carbocycles. The van der Waals surface area contributed by atoms with Gasteiger partial charge in [-0.25, -0.2) is 0 Å². The SMILES string of the molecule is CCCN(CC1CC1)C(CN)c1ccc(C(C)(C)C)cc1. The highest BCUT2D eigenvalue weighted by atomic mass is 15.2. The zero-order valence-electron chi connectivity index (χ0n) is 14.2. The lowest BCUT2D eigenvalue weighted by molar-refractivity contribution is 0.193. The number of rotatable bonds is 7. The van der Waals surface area contributed by atoms with Crippen molar-refractivity contribution in [2.24, 2.45) is 11.7 Å². The molecule has 1 fully saturated rings. The van der Waals surface area contributed by atoms with Crippen molar-refractivity contribution in [3.05, 3.63) is 35.4 Å². The molecule has 2 N–H and O–H groups in total. The largest absolute Gasteiger partial charge is 0.329 e. The van der Waals surface area contributed by atoms with Crippen LogP contribution in [0.15, 0.2) is 24.3 Å². The van der Waals surface area contributed by atoms with Gasteiger partial charge in [0.25, 0.3) is 0 Å². The molecular weight excluding hydrogens is 256 g/mol. The van der Waals surface area contributed by atoms with Crippen LogP contribution in [0.2, 0.25) is 0 Å². The molecule has 1 unspecified atom stereocenters. The molecule has 1 aliphatic rings. The molecule has 0 aliphatic heterocycles. The molecule has 1 atom stereocenters. The first kappa shape index (κ1) is 16.5. The molecule has 2 nitrogen and oxygen atoms in total. The smallest absolute Gasteiger partial charge is 0.0470 e. The fourth-order valence-electron chi connectivity index (χ4n) is 2.99. The normalized spacial score (nSPS) is 17.2. The van der Waals surface area contributed by atoms with E-state index in [4.69, 9.17) is 5.73 Å². The summed E-state index contributed by atoms with van der Waals surface area (Å²) in [7, 11) is 0. The lowest BCUT2D eigenvalue weighted by Crippen LogP contribution is -2.36. The van der Waals surface area contributed by atoms with Crippen molar-refractivity contribution in [1.82, 2.24) is 4.90 Å². The van der Waals surface area contributed by atoms with Crippen LogP contribution in [0.3, 0.4) is 0 Å². The quantitative estimate of drug-likeness (QED) is 0.818. The van der Waals surface area contributed by atoms with Crippen molar-refractivity contribution in [3.8, 4) is 0 Å². The van der Waals surface area contributed by atoms with Gasteiger partial charge in [-0.1, -0.05) is 52.0 Å². The molecule has 0 radical (unpaired) electrons. The highest BCUT2D eigenvalue weighted by Crippen LogP contribution is 2.33. The van der Waals surface area contributed by atoms with Crippen molar-refractivity contribution in [1.29, 1.82) is 0 Å². The second-order valence-electron chi connectivity index (χ2n) is 7.56. The van der Waals surface area contributed by atoms with Crippen LogP contribution >= 0.6 is 0 Å². The first-order chi connectivity index (χ1) is 9.95. The maximum atomic E-state index is 6.11. The molecule has 0 heterocycles. The first-order valence-corrected chi connectivity index (χ1v) is 8.50. The third kappa shape index (κ3) is 4.55. The van der Waals surface area contributed by atoms with Gasteiger partial charge in [0, 0.05) is 19.1 Å². The van der Waals surface area contributed by atoms with Crippen LogP contribution in [0.4, 0.5) is 0 Å². The second-order valence-corrected chi connectivity index (χ2v) is 7.56. The van der Waals surface area contributed by atoms with E-state index in [0.717, 1.165) is 12.5 Å². The van der Waals surface area contributed by atoms with Crippen molar-refractivity contribution in [2.75, 3.05) is 19.6 Å². The molecule has 1 aromatic rings. The van der Waals surface area contributed by atoms with Crippen LogP contribution in [0.5, 0.6) is 0 Å². The van der Waals surface area contributed by atoms with Crippen LogP contribution < -0.4 is 5.73 Å². The molecule has 21 heavy (non-hydrogen) atoms. The molecule has 0 spiro atoms. The van der Waals surface area contributed by atoms with Crippen LogP contribution in [0.1, 0.15) is 64.1 Å². The summed E-state index contributed by atoms with van der Waals surface area (Å²) < 4.78 is 0. The van der Waals surface area contributed by atoms with Gasteiger partial charge in [-0.15, -0.1) is 0 Å². The van der Waals surface area contributed by atoms with Gasteiger partial charge in [-0.2, -0.15) is 0 Å². The van der Waals surface area contributed by atoms with Gasteiger partial charge in [-0.05, 0) is 48.3 Å². The Labute approximate surface area is 130 Å². The molecule has 0 amide bonds. The fourth-order valence-corrected chi connectivity index (χ4v) is 2.99. The van der Waals surface area contributed by atoms with Gasteiger partial charge in [0.2, 0.25) is 0 Å². The summed E-state index contributed by atoms with van der Waals surface area (Å²) in [5.41, 5.74) is 9.10. The molecule has 2 heteroatoms. The Bertz CT molecular complexity index is 426. The fraction of sp³-hybridized carbons (Fsp3) is 0.684. The van der Waals surface area contributed by atoms with Crippen LogP contribution in [-0.2, 0) is 5.41 Å². The topological polar surface area (TPSA) is 29.3 Å². The van der Waals surface area contributed by atoms with Gasteiger partial charge in [0.05, 0.1) is 0 Å². The van der Waals surface area contributed by atoms with Gasteiger partial charge in [-0.3, -0.25) is 4.90 Å². The van der Waals surface area contributed by atoms with E-state index in [0.29, 0.717) is 12.6 Å². The molecule has 0 bridgehead atoms. The van der Waals surface area contributed by atoms with Crippen molar-refractivity contribution in [2.45, 2.75) is 58.4 Å². The van der Waals surface area contributed by atoms with Gasteiger partial charge >= 0.3 is 0 Å². The number of hydrogen-bond acceptors (Lipinski definition) is 2. The van der Waals surface area contributed by atoms with E-state index in [1.54, 1.807) is 0 Å². The van der Waals surface area contributed by atoms with Crippen molar-refractivity contribution >= 4 is 0 Å². The summed E-state index contributed by atoms with van der Waals surface area (Å²) in [5.74, 6) is 0.916. The molecule has 1 aromatic carbocycles. The Balaban J connectivity index is 2.14. The molecule has 0 saturated heterocycles. The average Bonchev–Trinajstić information content (AvgIpc) is 3.23. The molecular formula is C19H32N2. The van der Waals surface area contributed by atoms with Crippen LogP contribution in [0, 0.1) is 5.92 Å². The predicted molar refractivity (Wildman–Crippen MR) is 91.5 cm³/mol. The van der Waals surface area contributed by atoms with Gasteiger partial charge in [0.1, 0.15) is 0 Å². The van der Waals surface area contributed by atoms with E-state index in [1.165, 1.54) is 36.9 Å². The van der Waals surface area contributed by atoms with Crippen molar-refractivity contribution in [3.63, 3.8) is 0 Å². The maximum Gasteiger partial charge on any atom is 0.0470 e. The monoisotopic (exact) mass is 288 g/mol. The minimum Gasteiger partial charge on any atom is -0.329 e. The minimum absolute atomic E-state index is 0.216. The molecule has 2 rings (SSSR count). The summed E-state index contributed by atoms with van der Waals surface area (Å²) in [4.78, 5) is 2.60. The third-order valence-electron chi connectivity index (χ3n) is 4.53. The van der Waals surface area contributed by atoms with E-state index in [2.05, 4.69) is 56.9 Å². The lowest BCUT2D eigenvalue weighted by atomic mass is 9.86. The molecule has 1 aliphatic carbocycles. The summed E-state index contributed by atoms with van der Waals surface area (Å²) in [6.07, 6.45) is 4.00. The van der Waals surface area contributed by atoms with E-state index >= 15 is 0 Å².